The molecule has 4 rings (SSSR count). The molecule has 2 aromatic carbocycles. The first-order valence-corrected chi connectivity index (χ1v) is 12.4. The highest BCUT2D eigenvalue weighted by atomic mass is 79.9. The maximum absolute atomic E-state index is 11.9. The second-order valence-electron chi connectivity index (χ2n) is 7.97. The van der Waals surface area contributed by atoms with E-state index >= 15 is 0 Å². The Morgan fingerprint density at radius 3 is 2.76 bits per heavy atom. The van der Waals surface area contributed by atoms with E-state index in [0.29, 0.717) is 17.0 Å². The summed E-state index contributed by atoms with van der Waals surface area (Å²) in [4.78, 5) is 30.5. The zero-order chi connectivity index (χ0) is 24.4. The van der Waals surface area contributed by atoms with Crippen molar-refractivity contribution >= 4 is 44.3 Å². The van der Waals surface area contributed by atoms with Crippen molar-refractivity contribution in [2.75, 3.05) is 6.61 Å². The first-order chi connectivity index (χ1) is 16.3. The Kier molecular flexibility index (Phi) is 7.08. The van der Waals surface area contributed by atoms with Gasteiger partial charge in [0.05, 0.1) is 22.5 Å². The van der Waals surface area contributed by atoms with Crippen LogP contribution < -0.4 is 9.61 Å². The third kappa shape index (κ3) is 5.02. The molecule has 0 saturated carbocycles. The molecule has 178 valence electrons. The number of aromatic hydroxyl groups is 1. The number of nitrogens with one attached hydrogen (secondary N) is 1. The van der Waals surface area contributed by atoms with Crippen LogP contribution in [0.5, 0.6) is 11.6 Å². The van der Waals surface area contributed by atoms with Gasteiger partial charge in [-0.1, -0.05) is 40.3 Å². The lowest BCUT2D eigenvalue weighted by molar-refractivity contribution is 0.0692. The van der Waals surface area contributed by atoms with Gasteiger partial charge in [-0.25, -0.2) is 9.78 Å². The number of aryl methyl sites for hydroxylation is 2. The van der Waals surface area contributed by atoms with Crippen LogP contribution in [-0.2, 0) is 19.4 Å². The van der Waals surface area contributed by atoms with E-state index in [1.807, 2.05) is 19.1 Å². The average Bonchev–Trinajstić information content (AvgIpc) is 3.28. The van der Waals surface area contributed by atoms with E-state index < -0.39 is 5.97 Å². The van der Waals surface area contributed by atoms with Crippen LogP contribution in [0.15, 0.2) is 39.6 Å². The molecular formula is C24H24BrN3O5S. The normalized spacial score (nSPS) is 11.3. The quantitative estimate of drug-likeness (QED) is 0.276. The van der Waals surface area contributed by atoms with Crippen LogP contribution in [0.3, 0.4) is 0 Å². The molecule has 0 bridgehead atoms. The van der Waals surface area contributed by atoms with Crippen molar-refractivity contribution in [3.8, 4) is 11.6 Å². The highest BCUT2D eigenvalue weighted by Crippen LogP contribution is 2.27. The zero-order valence-electron chi connectivity index (χ0n) is 18.7. The molecular weight excluding hydrogens is 522 g/mol. The number of carboxylic acid groups (broad SMARTS) is 1. The van der Waals surface area contributed by atoms with Crippen molar-refractivity contribution in [2.45, 2.75) is 39.7 Å². The van der Waals surface area contributed by atoms with E-state index in [1.54, 1.807) is 12.1 Å². The number of imidazole rings is 1. The second-order valence-corrected chi connectivity index (χ2v) is 9.95. The summed E-state index contributed by atoms with van der Waals surface area (Å²) in [5.74, 6) is -0.0601. The summed E-state index contributed by atoms with van der Waals surface area (Å²) in [6, 6.07) is 8.94. The molecule has 0 radical (unpaired) electrons. The van der Waals surface area contributed by atoms with Crippen molar-refractivity contribution in [3.63, 3.8) is 0 Å². The number of hydrogen-bond acceptors (Lipinski definition) is 6. The first-order valence-electron chi connectivity index (χ1n) is 10.8. The highest BCUT2D eigenvalue weighted by Gasteiger charge is 2.16. The number of hydrogen-bond donors (Lipinski definition) is 3. The molecule has 0 aliphatic heterocycles. The minimum Gasteiger partial charge on any atom is -0.494 e. The van der Waals surface area contributed by atoms with Gasteiger partial charge in [-0.2, -0.15) is 0 Å². The van der Waals surface area contributed by atoms with Gasteiger partial charge in [0.1, 0.15) is 23.7 Å². The molecule has 2 heterocycles. The number of aromatic carboxylic acids is 1. The molecule has 0 aliphatic rings. The summed E-state index contributed by atoms with van der Waals surface area (Å²) < 4.78 is 9.01. The molecule has 0 amide bonds. The van der Waals surface area contributed by atoms with Crippen LogP contribution in [-0.4, -0.2) is 37.3 Å². The van der Waals surface area contributed by atoms with Gasteiger partial charge in [-0.3, -0.25) is 9.78 Å². The van der Waals surface area contributed by atoms with Gasteiger partial charge in [0.25, 0.3) is 0 Å². The van der Waals surface area contributed by atoms with Crippen LogP contribution in [0.4, 0.5) is 0 Å². The number of H-pyrrole nitrogens is 1. The van der Waals surface area contributed by atoms with Gasteiger partial charge < -0.3 is 19.5 Å². The number of rotatable bonds is 9. The summed E-state index contributed by atoms with van der Waals surface area (Å²) >= 11 is 4.46. The number of fused-ring (bicyclic) bond motifs is 1. The average molecular weight is 546 g/mol. The molecule has 2 aromatic heterocycles. The van der Waals surface area contributed by atoms with Gasteiger partial charge in [-0.15, -0.1) is 0 Å². The van der Waals surface area contributed by atoms with Gasteiger partial charge in [0.15, 0.2) is 0 Å². The van der Waals surface area contributed by atoms with E-state index in [-0.39, 0.29) is 35.1 Å². The molecule has 0 aliphatic carbocycles. The number of nitrogens with zero attached hydrogens (tertiary/aromatic N) is 2. The predicted molar refractivity (Wildman–Crippen MR) is 134 cm³/mol. The Morgan fingerprint density at radius 1 is 1.29 bits per heavy atom. The fourth-order valence-electron chi connectivity index (χ4n) is 3.95. The fraction of sp³-hybridized carbons (Fsp3) is 0.292. The van der Waals surface area contributed by atoms with Crippen LogP contribution in [0.1, 0.15) is 45.5 Å². The predicted octanol–water partition coefficient (Wildman–Crippen LogP) is 4.88. The Balaban J connectivity index is 1.55. The number of carbonyl (C=O) groups is 1. The smallest absolute Gasteiger partial charge is 0.339 e. The van der Waals surface area contributed by atoms with E-state index in [0.717, 1.165) is 51.1 Å². The molecule has 0 spiro atoms. The van der Waals surface area contributed by atoms with Gasteiger partial charge in [-0.05, 0) is 48.7 Å². The summed E-state index contributed by atoms with van der Waals surface area (Å²) in [5, 5.41) is 19.5. The van der Waals surface area contributed by atoms with E-state index in [1.165, 1.54) is 6.07 Å². The van der Waals surface area contributed by atoms with Crippen molar-refractivity contribution in [2.24, 2.45) is 0 Å². The Hall–Kier alpha value is -3.11. The molecule has 10 heteroatoms. The fourth-order valence-corrected chi connectivity index (χ4v) is 5.26. The molecule has 34 heavy (non-hydrogen) atoms. The number of aromatic amines is 1. The van der Waals surface area contributed by atoms with Crippen LogP contribution in [0, 0.1) is 6.92 Å². The lowest BCUT2D eigenvalue weighted by atomic mass is 10.1. The largest absolute Gasteiger partial charge is 0.494 e. The van der Waals surface area contributed by atoms with Crippen molar-refractivity contribution in [1.82, 2.24) is 14.5 Å². The van der Waals surface area contributed by atoms with Crippen LogP contribution >= 0.6 is 27.3 Å². The third-order valence-electron chi connectivity index (χ3n) is 5.47. The molecule has 3 N–H and O–H groups in total. The molecule has 4 aromatic rings. The van der Waals surface area contributed by atoms with Gasteiger partial charge >= 0.3 is 10.8 Å². The van der Waals surface area contributed by atoms with Crippen molar-refractivity contribution in [1.29, 1.82) is 0 Å². The molecule has 8 nitrogen and oxygen atoms in total. The number of benzene rings is 2. The summed E-state index contributed by atoms with van der Waals surface area (Å²) in [6.07, 6.45) is 2.03. The first kappa shape index (κ1) is 24.0. The van der Waals surface area contributed by atoms with Crippen molar-refractivity contribution < 1.29 is 19.7 Å². The van der Waals surface area contributed by atoms with Gasteiger partial charge in [0, 0.05) is 17.3 Å². The van der Waals surface area contributed by atoms with E-state index in [9.17, 15) is 19.8 Å². The summed E-state index contributed by atoms with van der Waals surface area (Å²) in [6.45, 7) is 4.93. The summed E-state index contributed by atoms with van der Waals surface area (Å²) in [7, 11) is 0. The van der Waals surface area contributed by atoms with Crippen molar-refractivity contribution in [3.05, 3.63) is 71.9 Å². The lowest BCUT2D eigenvalue weighted by Gasteiger charge is -2.13. The number of thiazole rings is 1. The zero-order valence-corrected chi connectivity index (χ0v) is 21.1. The Labute approximate surface area is 208 Å². The molecule has 0 atom stereocenters. The minimum atomic E-state index is -1.11. The maximum atomic E-state index is 11.9. The van der Waals surface area contributed by atoms with E-state index in [4.69, 9.17) is 9.72 Å². The maximum Gasteiger partial charge on any atom is 0.339 e. The number of aromatic nitrogens is 3. The van der Waals surface area contributed by atoms with Gasteiger partial charge in [0.2, 0.25) is 5.88 Å². The number of halogens is 1. The second kappa shape index (κ2) is 10.0. The SMILES string of the molecule is CCCc1nc2c(C)cc(Br)cc2n1CCOc1ccc(Cc2sc(=O)[nH]c2O)cc1C(=O)O. The van der Waals surface area contributed by atoms with Crippen LogP contribution in [0.2, 0.25) is 0 Å². The highest BCUT2D eigenvalue weighted by molar-refractivity contribution is 9.10. The Bertz CT molecular complexity index is 1420. The number of ether oxygens (including phenoxy) is 1. The Morgan fingerprint density at radius 2 is 2.09 bits per heavy atom. The number of carboxylic acids is 1. The topological polar surface area (TPSA) is 117 Å². The lowest BCUT2D eigenvalue weighted by Crippen LogP contribution is -2.13. The molecule has 0 fully saturated rings. The minimum absolute atomic E-state index is 0.0303. The molecule has 0 saturated heterocycles. The monoisotopic (exact) mass is 545 g/mol. The third-order valence-corrected chi connectivity index (χ3v) is 6.80. The van der Waals surface area contributed by atoms with E-state index in [2.05, 4.69) is 32.4 Å². The standard InChI is InChI=1S/C24H24BrN3O5S/c1-3-4-20-26-21-13(2)9-15(25)12-17(21)28(20)7-8-33-18-6-5-14(10-16(18)23(30)31)11-19-22(29)27-24(32)34-19/h5-6,9-10,12,29H,3-4,7-8,11H2,1-2H3,(H,27,32)(H,30,31). The van der Waals surface area contributed by atoms with Crippen LogP contribution in [0.25, 0.3) is 11.0 Å². The summed E-state index contributed by atoms with van der Waals surface area (Å²) in [5.41, 5.74) is 3.74. The molecule has 0 unspecified atom stereocenters.